The van der Waals surface area contributed by atoms with Crippen molar-refractivity contribution in [3.8, 4) is 28.7 Å². The van der Waals surface area contributed by atoms with Crippen LogP contribution in [0.3, 0.4) is 0 Å². The van der Waals surface area contributed by atoms with Crippen molar-refractivity contribution in [1.82, 2.24) is 0 Å². The molecule has 1 atom stereocenters. The van der Waals surface area contributed by atoms with Crippen LogP contribution in [0, 0.1) is 0 Å². The summed E-state index contributed by atoms with van der Waals surface area (Å²) in [5.41, 5.74) is 3.54. The van der Waals surface area contributed by atoms with E-state index >= 15 is 0 Å². The lowest BCUT2D eigenvalue weighted by Crippen LogP contribution is -2.33. The first-order valence-corrected chi connectivity index (χ1v) is 18.2. The Morgan fingerprint density at radius 2 is 1.19 bits per heavy atom. The van der Waals surface area contributed by atoms with E-state index in [1.54, 1.807) is 91.0 Å². The van der Waals surface area contributed by atoms with Crippen LogP contribution in [0.15, 0.2) is 115 Å². The van der Waals surface area contributed by atoms with Crippen molar-refractivity contribution >= 4 is 40.9 Å². The molecule has 1 unspecified atom stereocenters. The third-order valence-corrected chi connectivity index (χ3v) is 8.41. The van der Waals surface area contributed by atoms with Gasteiger partial charge in [-0.1, -0.05) is 54.6 Å². The standard InChI is InChI=1S/C44H45N3O11/c1-29(48)45-34-16-10-12-30(22-34)20-21-37(49)32-24-40(53-3)42(54-4)41(25-32)55-26-31-13-11-17-35(23-31)47-43(50)57-28-36(27-56-39-19-9-8-18-38(39)52-2)58-44(51)46-33-14-6-5-7-15-33/h5-19,22-25,36H,20-21,26-28H2,1-4H3,(H,45,48)(H,46,51)(H,47,50). The Balaban J connectivity index is 1.20. The van der Waals surface area contributed by atoms with Crippen LogP contribution in [0.5, 0.6) is 28.7 Å². The summed E-state index contributed by atoms with van der Waals surface area (Å²) >= 11 is 0. The van der Waals surface area contributed by atoms with Crippen LogP contribution in [0.25, 0.3) is 0 Å². The van der Waals surface area contributed by atoms with Gasteiger partial charge in [0.25, 0.3) is 0 Å². The number of carbonyl (C=O) groups excluding carboxylic acids is 4. The Kier molecular flexibility index (Phi) is 15.3. The maximum Gasteiger partial charge on any atom is 0.412 e. The SMILES string of the molecule is COc1ccccc1OCC(COC(=O)Nc1cccc(COc2cc(C(=O)CCc3cccc(NC(C)=O)c3)cc(OC)c2OC)c1)OC(=O)Nc1ccccc1. The van der Waals surface area contributed by atoms with Crippen molar-refractivity contribution < 1.29 is 52.3 Å². The van der Waals surface area contributed by atoms with Gasteiger partial charge in [-0.3, -0.25) is 20.2 Å². The van der Waals surface area contributed by atoms with Crippen molar-refractivity contribution in [2.24, 2.45) is 0 Å². The van der Waals surface area contributed by atoms with Gasteiger partial charge in [0, 0.05) is 36.0 Å². The molecular weight excluding hydrogens is 746 g/mol. The molecule has 0 aliphatic rings. The van der Waals surface area contributed by atoms with Crippen LogP contribution in [-0.2, 0) is 27.3 Å². The van der Waals surface area contributed by atoms with Crippen LogP contribution < -0.4 is 39.6 Å². The lowest BCUT2D eigenvalue weighted by molar-refractivity contribution is -0.114. The molecule has 3 amide bonds. The molecule has 0 aromatic heterocycles. The molecule has 0 aliphatic carbocycles. The van der Waals surface area contributed by atoms with Crippen LogP contribution in [0.1, 0.15) is 34.8 Å². The van der Waals surface area contributed by atoms with Gasteiger partial charge in [0.05, 0.1) is 21.3 Å². The normalized spacial score (nSPS) is 11.0. The summed E-state index contributed by atoms with van der Waals surface area (Å²) < 4.78 is 39.5. The van der Waals surface area contributed by atoms with Crippen molar-refractivity contribution in [3.63, 3.8) is 0 Å². The number of amides is 3. The van der Waals surface area contributed by atoms with Crippen molar-refractivity contribution in [2.75, 3.05) is 50.5 Å². The first-order valence-electron chi connectivity index (χ1n) is 18.2. The van der Waals surface area contributed by atoms with Crippen molar-refractivity contribution in [3.05, 3.63) is 132 Å². The Morgan fingerprint density at radius 3 is 1.90 bits per heavy atom. The molecule has 5 aromatic rings. The number of para-hydroxylation sites is 3. The minimum absolute atomic E-state index is 0.0460. The fourth-order valence-electron chi connectivity index (χ4n) is 5.69. The van der Waals surface area contributed by atoms with Crippen LogP contribution in [0.2, 0.25) is 0 Å². The van der Waals surface area contributed by atoms with Gasteiger partial charge in [-0.2, -0.15) is 0 Å². The van der Waals surface area contributed by atoms with Gasteiger partial charge < -0.3 is 38.5 Å². The zero-order valence-corrected chi connectivity index (χ0v) is 32.6. The highest BCUT2D eigenvalue weighted by Gasteiger charge is 2.21. The van der Waals surface area contributed by atoms with Gasteiger partial charge in [-0.15, -0.1) is 0 Å². The van der Waals surface area contributed by atoms with E-state index in [1.165, 1.54) is 28.3 Å². The molecule has 0 aliphatic heterocycles. The van der Waals surface area contributed by atoms with Gasteiger partial charge in [-0.05, 0) is 78.2 Å². The minimum atomic E-state index is -0.991. The molecule has 5 aromatic carbocycles. The number of ether oxygens (including phenoxy) is 7. The average molecular weight is 792 g/mol. The second-order valence-electron chi connectivity index (χ2n) is 12.7. The number of aryl methyl sites for hydroxylation is 1. The largest absolute Gasteiger partial charge is 0.493 e. The summed E-state index contributed by atoms with van der Waals surface area (Å²) in [7, 11) is 4.45. The fraction of sp³-hybridized carbons (Fsp3) is 0.227. The van der Waals surface area contributed by atoms with E-state index in [0.29, 0.717) is 57.6 Å². The van der Waals surface area contributed by atoms with Crippen LogP contribution >= 0.6 is 0 Å². The molecule has 3 N–H and O–H groups in total. The van der Waals surface area contributed by atoms with Gasteiger partial charge in [0.2, 0.25) is 11.7 Å². The first-order chi connectivity index (χ1) is 28.1. The smallest absolute Gasteiger partial charge is 0.412 e. The van der Waals surface area contributed by atoms with E-state index in [-0.39, 0.29) is 43.7 Å². The second kappa shape index (κ2) is 21.2. The van der Waals surface area contributed by atoms with Crippen molar-refractivity contribution in [2.45, 2.75) is 32.5 Å². The molecule has 0 radical (unpaired) electrons. The Labute approximate surface area is 336 Å². The summed E-state index contributed by atoms with van der Waals surface area (Å²) in [5.74, 6) is 1.50. The summed E-state index contributed by atoms with van der Waals surface area (Å²) in [6.45, 7) is 1.01. The van der Waals surface area contributed by atoms with E-state index in [0.717, 1.165) is 5.56 Å². The summed E-state index contributed by atoms with van der Waals surface area (Å²) in [4.78, 5) is 50.5. The quantitative estimate of drug-likeness (QED) is 0.0688. The number of methoxy groups -OCH3 is 3. The van der Waals surface area contributed by atoms with Crippen LogP contribution in [-0.4, -0.2) is 64.5 Å². The number of rotatable bonds is 19. The molecule has 0 spiro atoms. The third-order valence-electron chi connectivity index (χ3n) is 8.41. The first kappa shape index (κ1) is 41.9. The maximum absolute atomic E-state index is 13.4. The molecule has 14 nitrogen and oxygen atoms in total. The topological polar surface area (TPSA) is 169 Å². The highest BCUT2D eigenvalue weighted by molar-refractivity contribution is 5.97. The molecule has 14 heteroatoms. The molecule has 0 heterocycles. The lowest BCUT2D eigenvalue weighted by atomic mass is 10.0. The highest BCUT2D eigenvalue weighted by Crippen LogP contribution is 2.39. The highest BCUT2D eigenvalue weighted by atomic mass is 16.6. The number of Topliss-reactive ketones (excluding diaryl/α,β-unsaturated/α-hetero) is 1. The van der Waals surface area contributed by atoms with E-state index in [2.05, 4.69) is 16.0 Å². The minimum Gasteiger partial charge on any atom is -0.493 e. The summed E-state index contributed by atoms with van der Waals surface area (Å²) in [6.07, 6.45) is -1.90. The number of ketones is 1. The number of benzene rings is 5. The Morgan fingerprint density at radius 1 is 0.569 bits per heavy atom. The van der Waals surface area contributed by atoms with Crippen LogP contribution in [0.4, 0.5) is 26.7 Å². The molecular formula is C44H45N3O11. The zero-order valence-electron chi connectivity index (χ0n) is 32.6. The van der Waals surface area contributed by atoms with E-state index in [9.17, 15) is 19.2 Å². The predicted molar refractivity (Wildman–Crippen MR) is 218 cm³/mol. The zero-order chi connectivity index (χ0) is 41.3. The van der Waals surface area contributed by atoms with E-state index < -0.39 is 18.3 Å². The maximum atomic E-state index is 13.4. The van der Waals surface area contributed by atoms with E-state index in [4.69, 9.17) is 33.2 Å². The molecule has 58 heavy (non-hydrogen) atoms. The monoisotopic (exact) mass is 791 g/mol. The van der Waals surface area contributed by atoms with E-state index in [1.807, 2.05) is 24.3 Å². The number of hydrogen-bond donors (Lipinski definition) is 3. The van der Waals surface area contributed by atoms with Gasteiger partial charge >= 0.3 is 12.2 Å². The lowest BCUT2D eigenvalue weighted by Gasteiger charge is -2.20. The van der Waals surface area contributed by atoms with Gasteiger partial charge in [-0.25, -0.2) is 9.59 Å². The molecule has 0 bridgehead atoms. The Hall–Kier alpha value is -7.22. The van der Waals surface area contributed by atoms with Gasteiger partial charge in [0.15, 0.2) is 34.9 Å². The summed E-state index contributed by atoms with van der Waals surface area (Å²) in [6, 6.07) is 33.2. The number of hydrogen-bond acceptors (Lipinski definition) is 11. The number of nitrogens with one attached hydrogen (secondary N) is 3. The second-order valence-corrected chi connectivity index (χ2v) is 12.7. The third kappa shape index (κ3) is 12.7. The molecule has 0 saturated carbocycles. The summed E-state index contributed by atoms with van der Waals surface area (Å²) in [5, 5.41) is 8.07. The predicted octanol–water partition coefficient (Wildman–Crippen LogP) is 8.31. The fourth-order valence-corrected chi connectivity index (χ4v) is 5.69. The number of carbonyl (C=O) groups is 4. The number of anilines is 3. The van der Waals surface area contributed by atoms with Gasteiger partial charge in [0.1, 0.15) is 19.8 Å². The Bertz CT molecular complexity index is 2180. The van der Waals surface area contributed by atoms with Crippen molar-refractivity contribution in [1.29, 1.82) is 0 Å². The molecule has 5 rings (SSSR count). The molecule has 0 saturated heterocycles. The molecule has 302 valence electrons. The average Bonchev–Trinajstić information content (AvgIpc) is 3.23. The molecule has 0 fully saturated rings.